The van der Waals surface area contributed by atoms with Crippen LogP contribution in [-0.4, -0.2) is 42.1 Å². The number of hydrogen-bond donors (Lipinski definition) is 1. The molecule has 0 aliphatic carbocycles. The molecule has 2 aromatic heterocycles. The standard InChI is InChI=1S/C18H21ClN8O/c1-12(2)10-26-17(19)15(13(3)23-26)9-20-21-16(28)11-27-24-18(22-25-27)14-7-5-4-6-8-14/h4-9,12H,10-11H2,1-3H3,(H,21,28)/b20-9-. The van der Waals surface area contributed by atoms with Gasteiger partial charge in [0.25, 0.3) is 5.91 Å². The summed E-state index contributed by atoms with van der Waals surface area (Å²) in [6.45, 7) is 6.62. The van der Waals surface area contributed by atoms with Gasteiger partial charge in [0.1, 0.15) is 11.7 Å². The molecule has 0 unspecified atom stereocenters. The third-order valence-electron chi connectivity index (χ3n) is 3.80. The first kappa shape index (κ1) is 19.7. The molecule has 0 aliphatic heterocycles. The van der Waals surface area contributed by atoms with Crippen LogP contribution in [0.4, 0.5) is 0 Å². The Bertz CT molecular complexity index is 977. The first-order chi connectivity index (χ1) is 13.4. The van der Waals surface area contributed by atoms with Gasteiger partial charge in [0, 0.05) is 12.1 Å². The van der Waals surface area contributed by atoms with E-state index in [1.165, 1.54) is 11.0 Å². The molecule has 3 rings (SSSR count). The summed E-state index contributed by atoms with van der Waals surface area (Å²) in [5.41, 5.74) is 4.69. The predicted molar refractivity (Wildman–Crippen MR) is 106 cm³/mol. The number of aryl methyl sites for hydroxylation is 1. The third kappa shape index (κ3) is 4.80. The van der Waals surface area contributed by atoms with E-state index in [1.54, 1.807) is 4.68 Å². The number of aromatic nitrogens is 6. The van der Waals surface area contributed by atoms with Crippen molar-refractivity contribution in [2.45, 2.75) is 33.9 Å². The van der Waals surface area contributed by atoms with Gasteiger partial charge in [-0.1, -0.05) is 55.8 Å². The summed E-state index contributed by atoms with van der Waals surface area (Å²) in [4.78, 5) is 13.3. The van der Waals surface area contributed by atoms with Crippen LogP contribution in [0.1, 0.15) is 25.1 Å². The fraction of sp³-hybridized carbons (Fsp3) is 0.333. The van der Waals surface area contributed by atoms with E-state index in [4.69, 9.17) is 11.6 Å². The molecule has 0 bridgehead atoms. The van der Waals surface area contributed by atoms with Crippen LogP contribution in [0.5, 0.6) is 0 Å². The van der Waals surface area contributed by atoms with Crippen LogP contribution in [0.3, 0.4) is 0 Å². The monoisotopic (exact) mass is 400 g/mol. The van der Waals surface area contributed by atoms with E-state index in [0.717, 1.165) is 11.3 Å². The molecular formula is C18H21ClN8O. The lowest BCUT2D eigenvalue weighted by Gasteiger charge is -2.05. The average molecular weight is 401 g/mol. The van der Waals surface area contributed by atoms with E-state index in [0.29, 0.717) is 29.0 Å². The quantitative estimate of drug-likeness (QED) is 0.484. The Morgan fingerprint density at radius 2 is 2.04 bits per heavy atom. The number of nitrogens with zero attached hydrogens (tertiary/aromatic N) is 7. The SMILES string of the molecule is Cc1nn(CC(C)C)c(Cl)c1/C=N\NC(=O)Cn1nnc(-c2ccccc2)n1. The van der Waals surface area contributed by atoms with Crippen LogP contribution < -0.4 is 5.43 Å². The smallest absolute Gasteiger partial charge is 0.263 e. The minimum absolute atomic E-state index is 0.101. The maximum Gasteiger partial charge on any atom is 0.263 e. The van der Waals surface area contributed by atoms with E-state index < -0.39 is 0 Å². The van der Waals surface area contributed by atoms with Gasteiger partial charge in [-0.3, -0.25) is 9.48 Å². The van der Waals surface area contributed by atoms with Crippen molar-refractivity contribution in [2.75, 3.05) is 0 Å². The maximum absolute atomic E-state index is 12.1. The molecule has 0 spiro atoms. The van der Waals surface area contributed by atoms with Crippen molar-refractivity contribution in [3.8, 4) is 11.4 Å². The number of amides is 1. The number of carbonyl (C=O) groups excluding carboxylic acids is 1. The van der Waals surface area contributed by atoms with Gasteiger partial charge in [-0.05, 0) is 18.1 Å². The van der Waals surface area contributed by atoms with Crippen molar-refractivity contribution < 1.29 is 4.79 Å². The summed E-state index contributed by atoms with van der Waals surface area (Å²) in [5, 5.41) is 20.9. The number of nitrogens with one attached hydrogen (secondary N) is 1. The van der Waals surface area contributed by atoms with E-state index in [2.05, 4.69) is 44.9 Å². The number of rotatable bonds is 7. The molecule has 3 aromatic rings. The highest BCUT2D eigenvalue weighted by Crippen LogP contribution is 2.19. The number of tetrazole rings is 1. The molecule has 0 radical (unpaired) electrons. The Labute approximate surface area is 167 Å². The van der Waals surface area contributed by atoms with Crippen LogP contribution in [0.25, 0.3) is 11.4 Å². The molecule has 2 heterocycles. The van der Waals surface area contributed by atoms with Crippen LogP contribution in [0.15, 0.2) is 35.4 Å². The van der Waals surface area contributed by atoms with Gasteiger partial charge in [-0.15, -0.1) is 10.2 Å². The van der Waals surface area contributed by atoms with Gasteiger partial charge in [0.15, 0.2) is 0 Å². The molecule has 1 N–H and O–H groups in total. The van der Waals surface area contributed by atoms with Crippen LogP contribution in [-0.2, 0) is 17.9 Å². The normalized spacial score (nSPS) is 11.5. The van der Waals surface area contributed by atoms with Crippen molar-refractivity contribution in [1.29, 1.82) is 0 Å². The number of hydrazone groups is 1. The van der Waals surface area contributed by atoms with Gasteiger partial charge in [-0.2, -0.15) is 15.0 Å². The molecule has 146 valence electrons. The molecule has 9 nitrogen and oxygen atoms in total. The summed E-state index contributed by atoms with van der Waals surface area (Å²) in [7, 11) is 0. The van der Waals surface area contributed by atoms with E-state index in [9.17, 15) is 4.79 Å². The minimum atomic E-state index is -0.378. The zero-order valence-electron chi connectivity index (χ0n) is 15.9. The van der Waals surface area contributed by atoms with Crippen molar-refractivity contribution in [3.63, 3.8) is 0 Å². The Balaban J connectivity index is 1.59. The fourth-order valence-corrected chi connectivity index (χ4v) is 2.82. The van der Waals surface area contributed by atoms with Crippen molar-refractivity contribution in [3.05, 3.63) is 46.7 Å². The largest absolute Gasteiger partial charge is 0.271 e. The highest BCUT2D eigenvalue weighted by Gasteiger charge is 2.13. The Morgan fingerprint density at radius 1 is 1.29 bits per heavy atom. The Kier molecular flexibility index (Phi) is 6.15. The molecule has 1 aromatic carbocycles. The summed E-state index contributed by atoms with van der Waals surface area (Å²) in [6.07, 6.45) is 1.49. The predicted octanol–water partition coefficient (Wildman–Crippen LogP) is 2.30. The minimum Gasteiger partial charge on any atom is -0.271 e. The molecular weight excluding hydrogens is 380 g/mol. The average Bonchev–Trinajstić information content (AvgIpc) is 3.22. The van der Waals surface area contributed by atoms with Crippen molar-refractivity contribution >= 4 is 23.7 Å². The van der Waals surface area contributed by atoms with Crippen LogP contribution in [0.2, 0.25) is 5.15 Å². The summed E-state index contributed by atoms with van der Waals surface area (Å²) >= 11 is 6.34. The summed E-state index contributed by atoms with van der Waals surface area (Å²) in [6, 6.07) is 9.41. The van der Waals surface area contributed by atoms with Crippen LogP contribution >= 0.6 is 11.6 Å². The van der Waals surface area contributed by atoms with Gasteiger partial charge in [0.2, 0.25) is 5.82 Å². The fourth-order valence-electron chi connectivity index (χ4n) is 2.53. The molecule has 0 saturated carbocycles. The number of hydrogen-bond acceptors (Lipinski definition) is 6. The second kappa shape index (κ2) is 8.75. The molecule has 28 heavy (non-hydrogen) atoms. The van der Waals surface area contributed by atoms with E-state index in [1.807, 2.05) is 37.3 Å². The third-order valence-corrected chi connectivity index (χ3v) is 4.20. The van der Waals surface area contributed by atoms with Crippen molar-refractivity contribution in [1.82, 2.24) is 35.4 Å². The molecule has 0 saturated heterocycles. The highest BCUT2D eigenvalue weighted by molar-refractivity contribution is 6.32. The van der Waals surface area contributed by atoms with E-state index in [-0.39, 0.29) is 12.5 Å². The Morgan fingerprint density at radius 3 is 2.75 bits per heavy atom. The number of halogens is 1. The number of benzene rings is 1. The maximum atomic E-state index is 12.1. The zero-order chi connectivity index (χ0) is 20.1. The first-order valence-electron chi connectivity index (χ1n) is 8.82. The van der Waals surface area contributed by atoms with Crippen LogP contribution in [0, 0.1) is 12.8 Å². The summed E-state index contributed by atoms with van der Waals surface area (Å²) in [5.74, 6) is 0.491. The van der Waals surface area contributed by atoms with Gasteiger partial charge < -0.3 is 0 Å². The summed E-state index contributed by atoms with van der Waals surface area (Å²) < 4.78 is 1.73. The molecule has 1 amide bonds. The highest BCUT2D eigenvalue weighted by atomic mass is 35.5. The molecule has 0 atom stereocenters. The lowest BCUT2D eigenvalue weighted by molar-refractivity contribution is -0.122. The second-order valence-corrected chi connectivity index (χ2v) is 7.03. The lowest BCUT2D eigenvalue weighted by Crippen LogP contribution is -2.24. The van der Waals surface area contributed by atoms with E-state index >= 15 is 0 Å². The lowest BCUT2D eigenvalue weighted by atomic mass is 10.2. The van der Waals surface area contributed by atoms with Crippen molar-refractivity contribution in [2.24, 2.45) is 11.0 Å². The second-order valence-electron chi connectivity index (χ2n) is 6.67. The number of carbonyl (C=O) groups is 1. The first-order valence-corrected chi connectivity index (χ1v) is 9.20. The molecule has 0 aliphatic rings. The molecule has 10 heteroatoms. The topological polar surface area (TPSA) is 103 Å². The molecule has 0 fully saturated rings. The Hall–Kier alpha value is -3.07. The zero-order valence-corrected chi connectivity index (χ0v) is 16.6. The van der Waals surface area contributed by atoms with Gasteiger partial charge in [0.05, 0.1) is 17.5 Å². The van der Waals surface area contributed by atoms with Gasteiger partial charge >= 0.3 is 0 Å². The van der Waals surface area contributed by atoms with Gasteiger partial charge in [-0.25, -0.2) is 5.43 Å².